The monoisotopic (exact) mass is 503 g/mol. The van der Waals surface area contributed by atoms with E-state index in [0.717, 1.165) is 46.0 Å². The van der Waals surface area contributed by atoms with Crippen LogP contribution in [-0.4, -0.2) is 13.2 Å². The van der Waals surface area contributed by atoms with Crippen LogP contribution in [0, 0.1) is 5.92 Å². The minimum Gasteiger partial charge on any atom is -0.480 e. The van der Waals surface area contributed by atoms with Crippen LogP contribution in [0.3, 0.4) is 0 Å². The summed E-state index contributed by atoms with van der Waals surface area (Å²) in [5.74, 6) is 1.32. The van der Waals surface area contributed by atoms with Crippen LogP contribution in [0.1, 0.15) is 30.1 Å². The molecule has 1 atom stereocenters. The number of anilines is 1. The highest BCUT2D eigenvalue weighted by Crippen LogP contribution is 2.50. The Kier molecular flexibility index (Phi) is 6.02. The molecule has 0 bridgehead atoms. The largest absolute Gasteiger partial charge is 0.480 e. The van der Waals surface area contributed by atoms with E-state index in [1.807, 2.05) is 48.5 Å². The lowest BCUT2D eigenvalue weighted by Crippen LogP contribution is -2.17. The fraction of sp³-hybridized carbons (Fsp3) is 0.200. The van der Waals surface area contributed by atoms with Crippen LogP contribution in [0.5, 0.6) is 11.5 Å². The van der Waals surface area contributed by atoms with Gasteiger partial charge in [0.15, 0.2) is 0 Å². The number of alkyl halides is 2. The second-order valence-corrected chi connectivity index (χ2v) is 9.67. The van der Waals surface area contributed by atoms with Crippen molar-refractivity contribution in [3.05, 3.63) is 101 Å². The van der Waals surface area contributed by atoms with Crippen molar-refractivity contribution in [2.75, 3.05) is 11.9 Å². The fourth-order valence-corrected chi connectivity index (χ4v) is 5.02. The quantitative estimate of drug-likeness (QED) is 0.274. The molecule has 1 fully saturated rings. The van der Waals surface area contributed by atoms with E-state index in [9.17, 15) is 8.78 Å². The Morgan fingerprint density at radius 3 is 2.56 bits per heavy atom. The molecule has 1 aliphatic carbocycles. The number of nitrogens with one attached hydrogen (secondary N) is 1. The van der Waals surface area contributed by atoms with Crippen molar-refractivity contribution < 1.29 is 18.3 Å². The summed E-state index contributed by atoms with van der Waals surface area (Å²) in [4.78, 5) is 0. The third-order valence-corrected chi connectivity index (χ3v) is 6.95. The normalized spacial score (nSPS) is 16.2. The highest BCUT2D eigenvalue weighted by Gasteiger charge is 2.31. The van der Waals surface area contributed by atoms with Crippen molar-refractivity contribution >= 4 is 17.3 Å². The van der Waals surface area contributed by atoms with E-state index < -0.39 is 12.7 Å². The van der Waals surface area contributed by atoms with Crippen LogP contribution in [-0.2, 0) is 0 Å². The maximum absolute atomic E-state index is 13.2. The van der Waals surface area contributed by atoms with Gasteiger partial charge in [-0.3, -0.25) is 0 Å². The maximum Gasteiger partial charge on any atom is 0.387 e. The van der Waals surface area contributed by atoms with Crippen molar-refractivity contribution in [2.45, 2.75) is 25.6 Å². The van der Waals surface area contributed by atoms with Crippen LogP contribution in [0.25, 0.3) is 22.3 Å². The van der Waals surface area contributed by atoms with Gasteiger partial charge in [-0.15, -0.1) is 0 Å². The van der Waals surface area contributed by atoms with Crippen molar-refractivity contribution in [3.8, 4) is 33.8 Å². The molecule has 0 radical (unpaired) electrons. The van der Waals surface area contributed by atoms with Crippen LogP contribution in [0.15, 0.2) is 84.9 Å². The Bertz CT molecular complexity index is 1420. The minimum absolute atomic E-state index is 0.0903. The van der Waals surface area contributed by atoms with Crippen LogP contribution in [0.4, 0.5) is 14.5 Å². The van der Waals surface area contributed by atoms with E-state index in [1.165, 1.54) is 12.8 Å². The predicted molar refractivity (Wildman–Crippen MR) is 139 cm³/mol. The Labute approximate surface area is 213 Å². The van der Waals surface area contributed by atoms with E-state index in [4.69, 9.17) is 21.1 Å². The number of rotatable bonds is 7. The van der Waals surface area contributed by atoms with Crippen LogP contribution in [0.2, 0.25) is 5.02 Å². The van der Waals surface area contributed by atoms with E-state index in [2.05, 4.69) is 23.5 Å². The number of benzene rings is 4. The molecule has 4 aromatic rings. The molecule has 6 heteroatoms. The topological polar surface area (TPSA) is 30.5 Å². The molecule has 1 N–H and O–H groups in total. The summed E-state index contributed by atoms with van der Waals surface area (Å²) in [7, 11) is 0. The smallest absolute Gasteiger partial charge is 0.387 e. The second kappa shape index (κ2) is 9.47. The van der Waals surface area contributed by atoms with Gasteiger partial charge in [-0.2, -0.15) is 8.78 Å². The van der Waals surface area contributed by atoms with Gasteiger partial charge in [-0.1, -0.05) is 60.1 Å². The summed E-state index contributed by atoms with van der Waals surface area (Å²) in [6, 6.07) is 26.8. The molecule has 1 unspecified atom stereocenters. The molecule has 1 aliphatic heterocycles. The summed E-state index contributed by atoms with van der Waals surface area (Å²) in [6.45, 7) is -1.98. The highest BCUT2D eigenvalue weighted by atomic mass is 35.5. The van der Waals surface area contributed by atoms with E-state index in [1.54, 1.807) is 18.2 Å². The number of halogens is 3. The van der Waals surface area contributed by atoms with Gasteiger partial charge in [0.2, 0.25) is 0 Å². The molecule has 0 aromatic heterocycles. The van der Waals surface area contributed by atoms with Gasteiger partial charge in [0.05, 0.1) is 5.56 Å². The van der Waals surface area contributed by atoms with E-state index >= 15 is 0 Å². The molecule has 3 nitrogen and oxygen atoms in total. The Morgan fingerprint density at radius 1 is 0.917 bits per heavy atom. The molecule has 2 aliphatic rings. The molecule has 1 saturated carbocycles. The lowest BCUT2D eigenvalue weighted by molar-refractivity contribution is -0.0496. The summed E-state index contributed by atoms with van der Waals surface area (Å²) < 4.78 is 37.8. The lowest BCUT2D eigenvalue weighted by atomic mass is 9.86. The molecule has 4 aromatic carbocycles. The first-order valence-corrected chi connectivity index (χ1v) is 12.4. The minimum atomic E-state index is -2.94. The Balaban J connectivity index is 1.50. The first-order chi connectivity index (χ1) is 17.6. The summed E-state index contributed by atoms with van der Waals surface area (Å²) in [6.07, 6.45) is 2.09. The van der Waals surface area contributed by atoms with Gasteiger partial charge in [-0.25, -0.2) is 0 Å². The SMILES string of the molecule is FC(F)Oc1cccc2c1-c1ccc(-c3ccccc3NCC3CC3)cc1C(c1cccc(Cl)c1)O2. The average Bonchev–Trinajstić information content (AvgIpc) is 3.71. The third kappa shape index (κ3) is 4.51. The zero-order valence-electron chi connectivity index (χ0n) is 19.4. The van der Waals surface area contributed by atoms with Gasteiger partial charge in [0.25, 0.3) is 0 Å². The zero-order valence-corrected chi connectivity index (χ0v) is 20.1. The first kappa shape index (κ1) is 22.9. The van der Waals surface area contributed by atoms with Crippen molar-refractivity contribution in [3.63, 3.8) is 0 Å². The average molecular weight is 504 g/mol. The molecular formula is C30H24ClF2NO2. The standard InChI is InChI=1S/C30H24ClF2NO2/c31-21-6-3-5-20(15-21)29-24-16-19(22-7-1-2-8-25(22)34-17-18-11-12-18)13-14-23(24)28-26(35-29)9-4-10-27(28)36-30(32)33/h1-10,13-16,18,29-30,34H,11-12,17H2. The van der Waals surface area contributed by atoms with Gasteiger partial charge in [-0.05, 0) is 71.8 Å². The van der Waals surface area contributed by atoms with Gasteiger partial charge < -0.3 is 14.8 Å². The van der Waals surface area contributed by atoms with E-state index in [-0.39, 0.29) is 5.75 Å². The van der Waals surface area contributed by atoms with Gasteiger partial charge in [0, 0.05) is 28.4 Å². The number of ether oxygens (including phenoxy) is 2. The van der Waals surface area contributed by atoms with E-state index in [0.29, 0.717) is 16.3 Å². The molecule has 0 amide bonds. The van der Waals surface area contributed by atoms with Crippen LogP contribution < -0.4 is 14.8 Å². The van der Waals surface area contributed by atoms with Crippen molar-refractivity contribution in [2.24, 2.45) is 5.92 Å². The number of hydrogen-bond acceptors (Lipinski definition) is 3. The molecule has 0 saturated heterocycles. The molecule has 6 rings (SSSR count). The van der Waals surface area contributed by atoms with Gasteiger partial charge >= 0.3 is 6.61 Å². The number of fused-ring (bicyclic) bond motifs is 3. The zero-order chi connectivity index (χ0) is 24.6. The first-order valence-electron chi connectivity index (χ1n) is 12.0. The van der Waals surface area contributed by atoms with Crippen molar-refractivity contribution in [1.29, 1.82) is 0 Å². The summed E-state index contributed by atoms with van der Waals surface area (Å²) in [5.41, 5.74) is 6.23. The lowest BCUT2D eigenvalue weighted by Gasteiger charge is -2.31. The number of para-hydroxylation sites is 1. The molecular weight excluding hydrogens is 480 g/mol. The van der Waals surface area contributed by atoms with Crippen molar-refractivity contribution in [1.82, 2.24) is 0 Å². The van der Waals surface area contributed by atoms with Gasteiger partial charge in [0.1, 0.15) is 17.6 Å². The Hall–Kier alpha value is -3.57. The fourth-order valence-electron chi connectivity index (χ4n) is 4.82. The highest BCUT2D eigenvalue weighted by molar-refractivity contribution is 6.30. The molecule has 182 valence electrons. The molecule has 36 heavy (non-hydrogen) atoms. The van der Waals surface area contributed by atoms with Crippen LogP contribution >= 0.6 is 11.6 Å². The summed E-state index contributed by atoms with van der Waals surface area (Å²) >= 11 is 6.32. The maximum atomic E-state index is 13.2. The predicted octanol–water partition coefficient (Wildman–Crippen LogP) is 8.58. The summed E-state index contributed by atoms with van der Waals surface area (Å²) in [5, 5.41) is 4.20. The number of hydrogen-bond donors (Lipinski definition) is 1. The molecule has 0 spiro atoms. The molecule has 1 heterocycles. The second-order valence-electron chi connectivity index (χ2n) is 9.23. The third-order valence-electron chi connectivity index (χ3n) is 6.72. The Morgan fingerprint density at radius 2 is 1.75 bits per heavy atom.